The third-order valence-corrected chi connectivity index (χ3v) is 4.30. The molecule has 168 valence electrons. The van der Waals surface area contributed by atoms with Gasteiger partial charge in [-0.1, -0.05) is 34.6 Å². The Morgan fingerprint density at radius 1 is 0.724 bits per heavy atom. The summed E-state index contributed by atoms with van der Waals surface area (Å²) >= 11 is 0. The standard InChI is InChI=1S/C22H38O7/c1-6-11-18(24)27-15-10-9-14-17(23)21(29-20(26)13-8-3)22(4,5)16-28-19(25)12-7-2/h21H,6-16H2,1-5H3/t21-/m0/s1. The van der Waals surface area contributed by atoms with Gasteiger partial charge in [0.2, 0.25) is 0 Å². The molecular weight excluding hydrogens is 376 g/mol. The van der Waals surface area contributed by atoms with Crippen LogP contribution in [0.3, 0.4) is 0 Å². The van der Waals surface area contributed by atoms with Crippen LogP contribution in [0.15, 0.2) is 0 Å². The molecule has 0 bridgehead atoms. The highest BCUT2D eigenvalue weighted by molar-refractivity contribution is 5.86. The molecule has 7 heteroatoms. The summed E-state index contributed by atoms with van der Waals surface area (Å²) in [5.41, 5.74) is -0.836. The van der Waals surface area contributed by atoms with Crippen LogP contribution in [0.4, 0.5) is 0 Å². The Kier molecular flexibility index (Phi) is 14.0. The number of esters is 3. The van der Waals surface area contributed by atoms with Crippen molar-refractivity contribution < 1.29 is 33.4 Å². The van der Waals surface area contributed by atoms with Crippen LogP contribution in [0.2, 0.25) is 0 Å². The molecule has 1 atom stereocenters. The summed E-state index contributed by atoms with van der Waals surface area (Å²) in [6, 6.07) is 0. The van der Waals surface area contributed by atoms with Crippen LogP contribution >= 0.6 is 0 Å². The van der Waals surface area contributed by atoms with E-state index in [0.717, 1.165) is 6.42 Å². The molecule has 0 aliphatic heterocycles. The minimum Gasteiger partial charge on any atom is -0.466 e. The molecule has 0 aromatic heterocycles. The molecule has 0 aromatic rings. The third kappa shape index (κ3) is 12.3. The highest BCUT2D eigenvalue weighted by Gasteiger charge is 2.39. The third-order valence-electron chi connectivity index (χ3n) is 4.30. The zero-order chi connectivity index (χ0) is 22.3. The molecule has 0 aliphatic rings. The van der Waals surface area contributed by atoms with E-state index in [-0.39, 0.29) is 43.8 Å². The van der Waals surface area contributed by atoms with E-state index in [0.29, 0.717) is 38.5 Å². The van der Waals surface area contributed by atoms with Gasteiger partial charge < -0.3 is 14.2 Å². The van der Waals surface area contributed by atoms with Gasteiger partial charge in [0.15, 0.2) is 11.9 Å². The first-order valence-corrected chi connectivity index (χ1v) is 10.7. The Labute approximate surface area is 174 Å². The molecule has 0 heterocycles. The summed E-state index contributed by atoms with van der Waals surface area (Å²) in [7, 11) is 0. The van der Waals surface area contributed by atoms with Crippen molar-refractivity contribution in [1.29, 1.82) is 0 Å². The molecule has 0 unspecified atom stereocenters. The first-order valence-electron chi connectivity index (χ1n) is 10.7. The predicted molar refractivity (Wildman–Crippen MR) is 109 cm³/mol. The minimum atomic E-state index is -0.987. The molecule has 0 saturated carbocycles. The lowest BCUT2D eigenvalue weighted by atomic mass is 9.83. The van der Waals surface area contributed by atoms with Crippen LogP contribution in [0.25, 0.3) is 0 Å². The summed E-state index contributed by atoms with van der Waals surface area (Å²) in [6.45, 7) is 9.41. The molecule has 0 aliphatic carbocycles. The van der Waals surface area contributed by atoms with Gasteiger partial charge in [-0.2, -0.15) is 0 Å². The van der Waals surface area contributed by atoms with Crippen LogP contribution in [0.1, 0.15) is 92.4 Å². The van der Waals surface area contributed by atoms with Crippen molar-refractivity contribution in [1.82, 2.24) is 0 Å². The monoisotopic (exact) mass is 414 g/mol. The highest BCUT2D eigenvalue weighted by atomic mass is 16.6. The molecule has 0 radical (unpaired) electrons. The zero-order valence-electron chi connectivity index (χ0n) is 18.7. The number of unbranched alkanes of at least 4 members (excludes halogenated alkanes) is 1. The second-order valence-electron chi connectivity index (χ2n) is 7.91. The van der Waals surface area contributed by atoms with Crippen LogP contribution < -0.4 is 0 Å². The topological polar surface area (TPSA) is 96.0 Å². The largest absolute Gasteiger partial charge is 0.466 e. The smallest absolute Gasteiger partial charge is 0.306 e. The summed E-state index contributed by atoms with van der Waals surface area (Å²) in [5.74, 6) is -1.22. The summed E-state index contributed by atoms with van der Waals surface area (Å²) < 4.78 is 15.8. The normalized spacial score (nSPS) is 12.2. The quantitative estimate of drug-likeness (QED) is 0.213. The lowest BCUT2D eigenvalue weighted by Crippen LogP contribution is -2.43. The first-order chi connectivity index (χ1) is 13.7. The SMILES string of the molecule is CCCC(=O)OCCCCC(=O)[C@H](OC(=O)CCC)C(C)(C)COC(=O)CCC. The van der Waals surface area contributed by atoms with Crippen LogP contribution in [0.5, 0.6) is 0 Å². The molecule has 0 spiro atoms. The van der Waals surface area contributed by atoms with E-state index in [2.05, 4.69) is 0 Å². The average Bonchev–Trinajstić information content (AvgIpc) is 2.64. The molecule has 0 amide bonds. The zero-order valence-corrected chi connectivity index (χ0v) is 18.7. The van der Waals surface area contributed by atoms with Crippen molar-refractivity contribution in [2.24, 2.45) is 5.41 Å². The van der Waals surface area contributed by atoms with E-state index in [1.807, 2.05) is 20.8 Å². The molecular formula is C22H38O7. The molecule has 29 heavy (non-hydrogen) atoms. The molecule has 0 N–H and O–H groups in total. The molecule has 0 fully saturated rings. The van der Waals surface area contributed by atoms with E-state index in [1.165, 1.54) is 0 Å². The molecule has 0 rings (SSSR count). The number of hydrogen-bond donors (Lipinski definition) is 0. The van der Waals surface area contributed by atoms with Crippen molar-refractivity contribution in [3.8, 4) is 0 Å². The van der Waals surface area contributed by atoms with Gasteiger partial charge in [0.1, 0.15) is 6.61 Å². The summed E-state index contributed by atoms with van der Waals surface area (Å²) in [4.78, 5) is 47.8. The van der Waals surface area contributed by atoms with Gasteiger partial charge in [0, 0.05) is 31.1 Å². The van der Waals surface area contributed by atoms with Crippen molar-refractivity contribution in [2.45, 2.75) is 98.5 Å². The Balaban J connectivity index is 4.79. The molecule has 0 aromatic carbocycles. The number of carbonyl (C=O) groups excluding carboxylic acids is 4. The Bertz CT molecular complexity index is 525. The second-order valence-corrected chi connectivity index (χ2v) is 7.91. The average molecular weight is 415 g/mol. The van der Waals surface area contributed by atoms with Crippen LogP contribution in [-0.4, -0.2) is 43.0 Å². The van der Waals surface area contributed by atoms with E-state index in [1.54, 1.807) is 13.8 Å². The van der Waals surface area contributed by atoms with E-state index < -0.39 is 17.5 Å². The Morgan fingerprint density at radius 3 is 1.79 bits per heavy atom. The van der Waals surface area contributed by atoms with Crippen LogP contribution in [-0.2, 0) is 33.4 Å². The molecule has 7 nitrogen and oxygen atoms in total. The van der Waals surface area contributed by atoms with E-state index in [9.17, 15) is 19.2 Å². The number of rotatable bonds is 16. The van der Waals surface area contributed by atoms with Crippen molar-refractivity contribution >= 4 is 23.7 Å². The lowest BCUT2D eigenvalue weighted by Gasteiger charge is -2.32. The minimum absolute atomic E-state index is 0.00369. The predicted octanol–water partition coefficient (Wildman–Crippen LogP) is 4.15. The van der Waals surface area contributed by atoms with Crippen molar-refractivity contribution in [3.05, 3.63) is 0 Å². The first kappa shape index (κ1) is 27.1. The number of ether oxygens (including phenoxy) is 3. The fraction of sp³-hybridized carbons (Fsp3) is 0.818. The van der Waals surface area contributed by atoms with Crippen molar-refractivity contribution in [2.75, 3.05) is 13.2 Å². The van der Waals surface area contributed by atoms with Gasteiger partial charge in [-0.15, -0.1) is 0 Å². The highest BCUT2D eigenvalue weighted by Crippen LogP contribution is 2.27. The fourth-order valence-electron chi connectivity index (χ4n) is 2.67. The van der Waals surface area contributed by atoms with Gasteiger partial charge in [-0.05, 0) is 32.1 Å². The Hall–Kier alpha value is -1.92. The lowest BCUT2D eigenvalue weighted by molar-refractivity contribution is -0.168. The van der Waals surface area contributed by atoms with E-state index >= 15 is 0 Å². The maximum Gasteiger partial charge on any atom is 0.306 e. The second kappa shape index (κ2) is 15.0. The fourth-order valence-corrected chi connectivity index (χ4v) is 2.67. The van der Waals surface area contributed by atoms with E-state index in [4.69, 9.17) is 14.2 Å². The summed E-state index contributed by atoms with van der Waals surface area (Å²) in [5, 5.41) is 0. The Morgan fingerprint density at radius 2 is 1.24 bits per heavy atom. The number of Topliss-reactive ketones (excluding diaryl/α,β-unsaturated/α-hetero) is 1. The van der Waals surface area contributed by atoms with Crippen LogP contribution in [0, 0.1) is 5.41 Å². The maximum absolute atomic E-state index is 12.8. The van der Waals surface area contributed by atoms with Gasteiger partial charge in [-0.25, -0.2) is 0 Å². The van der Waals surface area contributed by atoms with Gasteiger partial charge in [0.25, 0.3) is 0 Å². The van der Waals surface area contributed by atoms with Crippen molar-refractivity contribution in [3.63, 3.8) is 0 Å². The number of hydrogen-bond acceptors (Lipinski definition) is 7. The maximum atomic E-state index is 12.8. The van der Waals surface area contributed by atoms with Gasteiger partial charge in [0.05, 0.1) is 6.61 Å². The van der Waals surface area contributed by atoms with Gasteiger partial charge >= 0.3 is 17.9 Å². The molecule has 0 saturated heterocycles. The summed E-state index contributed by atoms with van der Waals surface area (Å²) in [6.07, 6.45) is 3.24. The number of carbonyl (C=O) groups is 4. The van der Waals surface area contributed by atoms with Gasteiger partial charge in [-0.3, -0.25) is 19.2 Å². The number of ketones is 1.